The fraction of sp³-hybridized carbons (Fsp3) is 0.400. The molecule has 1 aromatic heterocycles. The van der Waals surface area contributed by atoms with Crippen molar-refractivity contribution >= 4 is 40.2 Å². The van der Waals surface area contributed by atoms with E-state index in [2.05, 4.69) is 10.3 Å². The normalized spacial score (nSPS) is 19.6. The topological polar surface area (TPSA) is 75.4 Å². The number of likely N-dealkylation sites (tertiary alicyclic amines) is 1. The maximum absolute atomic E-state index is 12.9. The fourth-order valence-corrected chi connectivity index (χ4v) is 4.93. The zero-order valence-electron chi connectivity index (χ0n) is 18.1. The number of nitrogens with zero attached hydrogens (tertiary/aromatic N) is 2. The van der Waals surface area contributed by atoms with Gasteiger partial charge in [0.05, 0.1) is 5.92 Å². The number of fused-ring (bicyclic) bond motifs is 1. The van der Waals surface area contributed by atoms with E-state index in [0.717, 1.165) is 24.0 Å². The van der Waals surface area contributed by atoms with Crippen LogP contribution in [0.5, 0.6) is 0 Å². The molecular weight excluding hydrogens is 426 g/mol. The van der Waals surface area contributed by atoms with E-state index in [-0.39, 0.29) is 24.2 Å². The lowest BCUT2D eigenvalue weighted by atomic mass is 9.94. The van der Waals surface area contributed by atoms with Crippen LogP contribution in [0.4, 0.5) is 5.69 Å². The zero-order valence-corrected chi connectivity index (χ0v) is 18.8. The summed E-state index contributed by atoms with van der Waals surface area (Å²) in [7, 11) is 0. The highest BCUT2D eigenvalue weighted by Crippen LogP contribution is 2.31. The molecule has 2 amide bonds. The maximum Gasteiger partial charge on any atom is 0.229 e. The van der Waals surface area contributed by atoms with Crippen LogP contribution in [0.15, 0.2) is 40.8 Å². The summed E-state index contributed by atoms with van der Waals surface area (Å²) >= 11 is 6.23. The molecule has 7 heteroatoms. The van der Waals surface area contributed by atoms with Crippen LogP contribution in [0, 0.1) is 12.8 Å². The number of nitrogens with one attached hydrogen (secondary N) is 1. The Morgan fingerprint density at radius 1 is 1.16 bits per heavy atom. The van der Waals surface area contributed by atoms with E-state index in [1.807, 2.05) is 30.0 Å². The minimum absolute atomic E-state index is 0.102. The van der Waals surface area contributed by atoms with E-state index in [4.69, 9.17) is 16.0 Å². The monoisotopic (exact) mass is 451 g/mol. The van der Waals surface area contributed by atoms with Gasteiger partial charge < -0.3 is 14.6 Å². The number of oxazole rings is 1. The van der Waals surface area contributed by atoms with Crippen molar-refractivity contribution in [2.24, 2.45) is 5.92 Å². The molecule has 1 saturated heterocycles. The summed E-state index contributed by atoms with van der Waals surface area (Å²) in [6, 6.07) is 11.4. The fourth-order valence-electron chi connectivity index (χ4n) is 4.75. The molecule has 166 valence electrons. The number of hydrogen-bond acceptors (Lipinski definition) is 4. The van der Waals surface area contributed by atoms with Gasteiger partial charge in [-0.15, -0.1) is 0 Å². The summed E-state index contributed by atoms with van der Waals surface area (Å²) in [5.74, 6) is 0.146. The van der Waals surface area contributed by atoms with Crippen LogP contribution >= 0.6 is 11.6 Å². The number of carbonyl (C=O) groups excluding carboxylic acids is 2. The average Bonchev–Trinajstić information content (AvgIpc) is 3.39. The van der Waals surface area contributed by atoms with Crippen LogP contribution in [0.2, 0.25) is 5.02 Å². The number of benzene rings is 2. The molecule has 2 heterocycles. The van der Waals surface area contributed by atoms with Crippen LogP contribution < -0.4 is 5.32 Å². The van der Waals surface area contributed by atoms with Gasteiger partial charge >= 0.3 is 0 Å². The van der Waals surface area contributed by atoms with Gasteiger partial charge in [0.1, 0.15) is 5.52 Å². The Morgan fingerprint density at radius 3 is 2.75 bits per heavy atom. The van der Waals surface area contributed by atoms with E-state index in [0.29, 0.717) is 40.3 Å². The lowest BCUT2D eigenvalue weighted by molar-refractivity contribution is -0.130. The Morgan fingerprint density at radius 2 is 1.97 bits per heavy atom. The number of anilines is 1. The minimum atomic E-state index is -0.317. The highest BCUT2D eigenvalue weighted by atomic mass is 35.5. The summed E-state index contributed by atoms with van der Waals surface area (Å²) in [5.41, 5.74) is 3.72. The van der Waals surface area contributed by atoms with Crippen LogP contribution in [0.1, 0.15) is 44.1 Å². The number of carbonyl (C=O) groups is 2. The van der Waals surface area contributed by atoms with Gasteiger partial charge in [-0.2, -0.15) is 0 Å². The standard InChI is InChI=1S/C25H26ClN3O3/c1-15-7-8-16(11-20(15)26)25-28-21-13-18(9-10-22(21)32-25)27-24(31)17-12-23(30)29(14-17)19-5-3-2-4-6-19/h7-11,13,17,19H,2-6,12,14H2,1H3,(H,27,31)/t17-/m0/s1. The number of amides is 2. The average molecular weight is 452 g/mol. The molecule has 32 heavy (non-hydrogen) atoms. The minimum Gasteiger partial charge on any atom is -0.436 e. The van der Waals surface area contributed by atoms with Gasteiger partial charge in [0.15, 0.2) is 5.58 Å². The predicted molar refractivity (Wildman–Crippen MR) is 125 cm³/mol. The summed E-state index contributed by atoms with van der Waals surface area (Å²) in [6.45, 7) is 2.46. The predicted octanol–water partition coefficient (Wildman–Crippen LogP) is 5.58. The third-order valence-electron chi connectivity index (χ3n) is 6.62. The largest absolute Gasteiger partial charge is 0.436 e. The van der Waals surface area contributed by atoms with E-state index in [1.54, 1.807) is 18.2 Å². The second-order valence-corrected chi connectivity index (χ2v) is 9.30. The van der Waals surface area contributed by atoms with Crippen LogP contribution in [0.3, 0.4) is 0 Å². The number of rotatable bonds is 4. The third-order valence-corrected chi connectivity index (χ3v) is 7.03. The van der Waals surface area contributed by atoms with Crippen molar-refractivity contribution in [3.63, 3.8) is 0 Å². The van der Waals surface area contributed by atoms with Crippen molar-refractivity contribution in [1.82, 2.24) is 9.88 Å². The van der Waals surface area contributed by atoms with Crippen LogP contribution in [0.25, 0.3) is 22.6 Å². The second kappa shape index (κ2) is 8.58. The van der Waals surface area contributed by atoms with Gasteiger partial charge in [0, 0.05) is 35.3 Å². The molecule has 2 fully saturated rings. The molecule has 0 bridgehead atoms. The number of hydrogen-bond donors (Lipinski definition) is 1. The Bertz CT molecular complexity index is 1180. The second-order valence-electron chi connectivity index (χ2n) is 8.89. The molecule has 3 aromatic rings. The lowest BCUT2D eigenvalue weighted by Crippen LogP contribution is -2.38. The molecule has 2 aliphatic rings. The molecule has 0 spiro atoms. The van der Waals surface area contributed by atoms with Gasteiger partial charge in [0.2, 0.25) is 17.7 Å². The van der Waals surface area contributed by atoms with Crippen LogP contribution in [-0.2, 0) is 9.59 Å². The number of aromatic nitrogens is 1. The smallest absolute Gasteiger partial charge is 0.229 e. The van der Waals surface area contributed by atoms with E-state index >= 15 is 0 Å². The zero-order chi connectivity index (χ0) is 22.2. The highest BCUT2D eigenvalue weighted by Gasteiger charge is 2.38. The highest BCUT2D eigenvalue weighted by molar-refractivity contribution is 6.31. The number of aryl methyl sites for hydroxylation is 1. The number of halogens is 1. The molecule has 1 saturated carbocycles. The van der Waals surface area contributed by atoms with Crippen molar-refractivity contribution in [2.45, 2.75) is 51.5 Å². The third kappa shape index (κ3) is 4.11. The van der Waals surface area contributed by atoms with Crippen molar-refractivity contribution in [1.29, 1.82) is 0 Å². The first kappa shape index (κ1) is 21.0. The molecule has 1 aliphatic carbocycles. The molecular formula is C25H26ClN3O3. The molecule has 6 nitrogen and oxygen atoms in total. The quantitative estimate of drug-likeness (QED) is 0.562. The molecule has 2 aromatic carbocycles. The SMILES string of the molecule is Cc1ccc(-c2nc3cc(NC(=O)[C@H]4CC(=O)N(C5CCCCC5)C4)ccc3o2)cc1Cl. The van der Waals surface area contributed by atoms with Gasteiger partial charge in [-0.3, -0.25) is 9.59 Å². The molecule has 0 unspecified atom stereocenters. The van der Waals surface area contributed by atoms with E-state index < -0.39 is 0 Å². The first-order chi connectivity index (χ1) is 15.5. The van der Waals surface area contributed by atoms with Crippen molar-refractivity contribution < 1.29 is 14.0 Å². The van der Waals surface area contributed by atoms with E-state index in [1.165, 1.54) is 19.3 Å². The lowest BCUT2D eigenvalue weighted by Gasteiger charge is -2.31. The molecule has 1 aliphatic heterocycles. The van der Waals surface area contributed by atoms with E-state index in [9.17, 15) is 9.59 Å². The Hall–Kier alpha value is -2.86. The first-order valence-corrected chi connectivity index (χ1v) is 11.6. The summed E-state index contributed by atoms with van der Waals surface area (Å²) in [6.07, 6.45) is 5.97. The Kier molecular flexibility index (Phi) is 5.64. The van der Waals surface area contributed by atoms with Gasteiger partial charge in [-0.1, -0.05) is 36.9 Å². The van der Waals surface area contributed by atoms with Gasteiger partial charge in [-0.25, -0.2) is 4.98 Å². The van der Waals surface area contributed by atoms with Crippen molar-refractivity contribution in [3.05, 3.63) is 47.0 Å². The first-order valence-electron chi connectivity index (χ1n) is 11.3. The molecule has 0 radical (unpaired) electrons. The van der Waals surface area contributed by atoms with Crippen LogP contribution in [-0.4, -0.2) is 34.3 Å². The van der Waals surface area contributed by atoms with Crippen molar-refractivity contribution in [2.75, 3.05) is 11.9 Å². The van der Waals surface area contributed by atoms with Gasteiger partial charge in [0.25, 0.3) is 0 Å². The summed E-state index contributed by atoms with van der Waals surface area (Å²) < 4.78 is 5.87. The summed E-state index contributed by atoms with van der Waals surface area (Å²) in [5, 5.41) is 3.62. The summed E-state index contributed by atoms with van der Waals surface area (Å²) in [4.78, 5) is 31.9. The maximum atomic E-state index is 12.9. The van der Waals surface area contributed by atoms with Gasteiger partial charge in [-0.05, 0) is 55.7 Å². The molecule has 1 atom stereocenters. The molecule has 5 rings (SSSR count). The Balaban J connectivity index is 1.29. The molecule has 1 N–H and O–H groups in total. The van der Waals surface area contributed by atoms with Crippen molar-refractivity contribution in [3.8, 4) is 11.5 Å². The Labute approximate surface area is 191 Å².